The molecule has 3 rings (SSSR count). The zero-order valence-corrected chi connectivity index (χ0v) is 11.6. The van der Waals surface area contributed by atoms with Gasteiger partial charge in [0.25, 0.3) is 0 Å². The Labute approximate surface area is 120 Å². The first-order valence-corrected chi connectivity index (χ1v) is 7.70. The van der Waals surface area contributed by atoms with Crippen molar-refractivity contribution in [2.45, 2.75) is 23.5 Å². The molecular weight excluding hydrogens is 298 g/mol. The lowest BCUT2D eigenvalue weighted by Crippen LogP contribution is -2.40. The van der Waals surface area contributed by atoms with Gasteiger partial charge in [-0.3, -0.25) is 4.79 Å². The van der Waals surface area contributed by atoms with Gasteiger partial charge in [0, 0.05) is 30.7 Å². The molecule has 0 aromatic carbocycles. The maximum atomic E-state index is 12.7. The van der Waals surface area contributed by atoms with E-state index in [9.17, 15) is 18.3 Å². The Bertz CT molecular complexity index is 800. The maximum absolute atomic E-state index is 12.7. The minimum absolute atomic E-state index is 0.0362. The van der Waals surface area contributed by atoms with Crippen molar-refractivity contribution in [3.8, 4) is 0 Å². The molecule has 1 saturated heterocycles. The van der Waals surface area contributed by atoms with E-state index in [2.05, 4.69) is 9.97 Å². The molecule has 2 aromatic heterocycles. The molecule has 2 aromatic rings. The Morgan fingerprint density at radius 1 is 1.48 bits per heavy atom. The molecule has 2 atom stereocenters. The van der Waals surface area contributed by atoms with Crippen LogP contribution in [0, 0.1) is 0 Å². The normalized spacial score (nSPS) is 23.7. The molecule has 8 nitrogen and oxygen atoms in total. The summed E-state index contributed by atoms with van der Waals surface area (Å²) in [5.74, 6) is -1.27. The number of hydrogen-bond acceptors (Lipinski definition) is 5. The highest BCUT2D eigenvalue weighted by molar-refractivity contribution is 7.89. The quantitative estimate of drug-likeness (QED) is 0.719. The number of aromatic nitrogens is 2. The zero-order valence-electron chi connectivity index (χ0n) is 10.8. The van der Waals surface area contributed by atoms with E-state index in [1.54, 1.807) is 12.1 Å². The number of aliphatic hydroxyl groups excluding tert-OH is 1. The van der Waals surface area contributed by atoms with E-state index in [-0.39, 0.29) is 17.9 Å². The van der Waals surface area contributed by atoms with Crippen molar-refractivity contribution in [1.29, 1.82) is 0 Å². The molecular formula is C12H13N3O5S. The number of nitrogens with one attached hydrogen (secondary N) is 1. The number of rotatable bonds is 3. The number of sulfonamides is 1. The van der Waals surface area contributed by atoms with Crippen LogP contribution in [-0.4, -0.2) is 57.6 Å². The van der Waals surface area contributed by atoms with Crippen LogP contribution in [-0.2, 0) is 14.8 Å². The molecule has 9 heteroatoms. The van der Waals surface area contributed by atoms with E-state index in [4.69, 9.17) is 5.11 Å². The fourth-order valence-electron chi connectivity index (χ4n) is 2.54. The van der Waals surface area contributed by atoms with E-state index in [0.29, 0.717) is 11.0 Å². The first-order chi connectivity index (χ1) is 9.91. The first-order valence-electron chi connectivity index (χ1n) is 6.26. The third-order valence-electron chi connectivity index (χ3n) is 3.52. The third-order valence-corrected chi connectivity index (χ3v) is 5.43. The van der Waals surface area contributed by atoms with Gasteiger partial charge >= 0.3 is 5.97 Å². The second-order valence-corrected chi connectivity index (χ2v) is 6.73. The van der Waals surface area contributed by atoms with Crippen LogP contribution in [0.3, 0.4) is 0 Å². The fraction of sp³-hybridized carbons (Fsp3) is 0.333. The van der Waals surface area contributed by atoms with Crippen LogP contribution in [0.5, 0.6) is 0 Å². The molecule has 1 aliphatic rings. The fourth-order valence-corrected chi connectivity index (χ4v) is 4.33. The van der Waals surface area contributed by atoms with Crippen LogP contribution in [0.2, 0.25) is 0 Å². The molecule has 0 saturated carbocycles. The van der Waals surface area contributed by atoms with Gasteiger partial charge in [0.05, 0.1) is 6.10 Å². The number of fused-ring (bicyclic) bond motifs is 1. The van der Waals surface area contributed by atoms with Crippen LogP contribution >= 0.6 is 0 Å². The summed E-state index contributed by atoms with van der Waals surface area (Å²) in [6, 6.07) is 1.93. The summed E-state index contributed by atoms with van der Waals surface area (Å²) >= 11 is 0. The molecule has 3 N–H and O–H groups in total. The van der Waals surface area contributed by atoms with Gasteiger partial charge in [0.2, 0.25) is 10.0 Å². The largest absolute Gasteiger partial charge is 0.480 e. The highest BCUT2D eigenvalue weighted by Crippen LogP contribution is 2.30. The number of carbonyl (C=O) groups is 1. The SMILES string of the molecule is O=C(O)[C@@H]1CC(O)CN1S(=O)(=O)c1c[nH]c2ncccc12. The number of H-pyrrole nitrogens is 1. The van der Waals surface area contributed by atoms with E-state index >= 15 is 0 Å². The molecule has 1 fully saturated rings. The topological polar surface area (TPSA) is 124 Å². The Hall–Kier alpha value is -1.97. The Morgan fingerprint density at radius 2 is 2.24 bits per heavy atom. The minimum atomic E-state index is -4.03. The molecule has 21 heavy (non-hydrogen) atoms. The number of pyridine rings is 1. The van der Waals surface area contributed by atoms with Crippen molar-refractivity contribution in [3.63, 3.8) is 0 Å². The van der Waals surface area contributed by atoms with Crippen molar-refractivity contribution < 1.29 is 23.4 Å². The number of β-amino-alcohol motifs (C(OH)–C–C–N with tert-alkyl or cyclic N) is 1. The number of aliphatic hydroxyl groups is 1. The van der Waals surface area contributed by atoms with Crippen molar-refractivity contribution in [2.75, 3.05) is 6.54 Å². The number of carboxylic acids is 1. The van der Waals surface area contributed by atoms with Gasteiger partial charge in [-0.1, -0.05) is 0 Å². The summed E-state index contributed by atoms with van der Waals surface area (Å²) in [5, 5.41) is 19.1. The molecule has 112 valence electrons. The van der Waals surface area contributed by atoms with Gasteiger partial charge < -0.3 is 15.2 Å². The average Bonchev–Trinajstić information content (AvgIpc) is 3.02. The van der Waals surface area contributed by atoms with E-state index in [1.807, 2.05) is 0 Å². The predicted octanol–water partition coefficient (Wildman–Crippen LogP) is -0.229. The molecule has 0 radical (unpaired) electrons. The van der Waals surface area contributed by atoms with Crippen molar-refractivity contribution in [3.05, 3.63) is 24.5 Å². The van der Waals surface area contributed by atoms with Crippen molar-refractivity contribution in [2.24, 2.45) is 0 Å². The number of aromatic amines is 1. The summed E-state index contributed by atoms with van der Waals surface area (Å²) in [4.78, 5) is 17.9. The molecule has 0 aliphatic carbocycles. The molecule has 0 bridgehead atoms. The zero-order chi connectivity index (χ0) is 15.2. The lowest BCUT2D eigenvalue weighted by molar-refractivity contribution is -0.140. The van der Waals surface area contributed by atoms with Crippen LogP contribution in [0.4, 0.5) is 0 Å². The molecule has 0 spiro atoms. The molecule has 3 heterocycles. The highest BCUT2D eigenvalue weighted by atomic mass is 32.2. The van der Waals surface area contributed by atoms with Gasteiger partial charge in [-0.15, -0.1) is 0 Å². The van der Waals surface area contributed by atoms with Crippen molar-refractivity contribution in [1.82, 2.24) is 14.3 Å². The first kappa shape index (κ1) is 14.0. The van der Waals surface area contributed by atoms with Crippen LogP contribution < -0.4 is 0 Å². The van der Waals surface area contributed by atoms with Crippen LogP contribution in [0.15, 0.2) is 29.4 Å². The number of nitrogens with zero attached hydrogens (tertiary/aromatic N) is 2. The second kappa shape index (κ2) is 4.79. The summed E-state index contributed by atoms with van der Waals surface area (Å²) in [5.41, 5.74) is 0.405. The summed E-state index contributed by atoms with van der Waals surface area (Å²) in [6.45, 7) is -0.230. The average molecular weight is 311 g/mol. The van der Waals surface area contributed by atoms with E-state index < -0.39 is 28.1 Å². The number of carboxylic acid groups (broad SMARTS) is 1. The Balaban J connectivity index is 2.10. The molecule has 1 unspecified atom stereocenters. The number of aliphatic carboxylic acids is 1. The van der Waals surface area contributed by atoms with Crippen molar-refractivity contribution >= 4 is 27.0 Å². The standard InChI is InChI=1S/C12H13N3O5S/c16-7-4-9(12(17)18)15(6-7)21(19,20)10-5-14-11-8(10)2-1-3-13-11/h1-3,5,7,9,16H,4,6H2,(H,13,14)(H,17,18)/t7?,9-/m0/s1. The molecule has 0 amide bonds. The summed E-state index contributed by atoms with van der Waals surface area (Å²) in [6.07, 6.45) is 1.71. The minimum Gasteiger partial charge on any atom is -0.480 e. The lowest BCUT2D eigenvalue weighted by Gasteiger charge is -2.20. The van der Waals surface area contributed by atoms with Gasteiger partial charge in [0.15, 0.2) is 0 Å². The van der Waals surface area contributed by atoms with E-state index in [0.717, 1.165) is 4.31 Å². The summed E-state index contributed by atoms with van der Waals surface area (Å²) < 4.78 is 26.2. The van der Waals surface area contributed by atoms with Gasteiger partial charge in [-0.05, 0) is 12.1 Å². The monoisotopic (exact) mass is 311 g/mol. The second-order valence-electron chi connectivity index (χ2n) is 4.87. The Morgan fingerprint density at radius 3 is 2.95 bits per heavy atom. The number of hydrogen-bond donors (Lipinski definition) is 3. The Kier molecular flexibility index (Phi) is 3.19. The highest BCUT2D eigenvalue weighted by Gasteiger charge is 2.44. The van der Waals surface area contributed by atoms with E-state index in [1.165, 1.54) is 12.4 Å². The van der Waals surface area contributed by atoms with Gasteiger partial charge in [-0.25, -0.2) is 13.4 Å². The lowest BCUT2D eigenvalue weighted by atomic mass is 10.2. The van der Waals surface area contributed by atoms with Crippen LogP contribution in [0.25, 0.3) is 11.0 Å². The smallest absolute Gasteiger partial charge is 0.322 e. The third kappa shape index (κ3) is 2.19. The van der Waals surface area contributed by atoms with Gasteiger partial charge in [0.1, 0.15) is 16.6 Å². The van der Waals surface area contributed by atoms with Gasteiger partial charge in [-0.2, -0.15) is 4.31 Å². The maximum Gasteiger partial charge on any atom is 0.322 e. The van der Waals surface area contributed by atoms with Crippen LogP contribution in [0.1, 0.15) is 6.42 Å². The predicted molar refractivity (Wildman–Crippen MR) is 72.0 cm³/mol. The summed E-state index contributed by atoms with van der Waals surface area (Å²) in [7, 11) is -4.03. The molecule has 1 aliphatic heterocycles.